The summed E-state index contributed by atoms with van der Waals surface area (Å²) in [6.07, 6.45) is 2.79. The summed E-state index contributed by atoms with van der Waals surface area (Å²) in [6, 6.07) is 43.1. The van der Waals surface area contributed by atoms with Gasteiger partial charge in [0.05, 0.1) is 72.3 Å². The fourth-order valence-corrected chi connectivity index (χ4v) is 11.6. The first-order chi connectivity index (χ1) is 40.9. The molecule has 10 rings (SSSR count). The molecular weight excluding hydrogens is 1250 g/mol. The lowest BCUT2D eigenvalue weighted by Gasteiger charge is -2.21. The number of carbonyl (C=O) groups excluding carboxylic acids is 2. The van der Waals surface area contributed by atoms with Gasteiger partial charge in [-0.3, -0.25) is 28.3 Å². The van der Waals surface area contributed by atoms with Gasteiger partial charge < -0.3 is 32.1 Å². The van der Waals surface area contributed by atoms with Gasteiger partial charge in [-0.2, -0.15) is 0 Å². The van der Waals surface area contributed by atoms with E-state index in [-0.39, 0.29) is 66.6 Å². The maximum Gasteiger partial charge on any atom is 0.488 e. The topological polar surface area (TPSA) is 315 Å². The zero-order valence-corrected chi connectivity index (χ0v) is 51.0. The third-order valence-electron chi connectivity index (χ3n) is 13.4. The molecule has 2 atom stereocenters. The Morgan fingerprint density at radius 2 is 1.02 bits per heavy atom. The van der Waals surface area contributed by atoms with E-state index in [0.29, 0.717) is 64.5 Å². The molecule has 0 radical (unpaired) electrons. The van der Waals surface area contributed by atoms with E-state index in [0.717, 1.165) is 0 Å². The number of sulfone groups is 2. The molecule has 4 heterocycles. The molecule has 0 aliphatic rings. The van der Waals surface area contributed by atoms with E-state index >= 15 is 0 Å². The van der Waals surface area contributed by atoms with Gasteiger partial charge in [0.25, 0.3) is 22.9 Å². The van der Waals surface area contributed by atoms with Crippen LogP contribution in [0.15, 0.2) is 194 Å². The van der Waals surface area contributed by atoms with Crippen LogP contribution in [0.4, 0.5) is 11.6 Å². The molecule has 8 N–H and O–H groups in total. The van der Waals surface area contributed by atoms with Crippen LogP contribution in [0.1, 0.15) is 72.1 Å². The number of carbonyl (C=O) groups is 2. The third-order valence-corrected chi connectivity index (χ3v) is 17.9. The second-order valence-electron chi connectivity index (χ2n) is 19.1. The van der Waals surface area contributed by atoms with Gasteiger partial charge in [-0.1, -0.05) is 122 Å². The number of benzene rings is 6. The highest BCUT2D eigenvalue weighted by Crippen LogP contribution is 2.29. The molecule has 0 aliphatic heterocycles. The predicted molar refractivity (Wildman–Crippen MR) is 339 cm³/mol. The number of aromatic nitrogens is 6. The molecule has 0 bridgehead atoms. The van der Waals surface area contributed by atoms with E-state index in [1.54, 1.807) is 79.9 Å². The minimum atomic E-state index is -3.45. The van der Waals surface area contributed by atoms with Crippen LogP contribution in [-0.4, -0.2) is 86.4 Å². The average molecular weight is 1300 g/mol. The second-order valence-corrected chi connectivity index (χ2v) is 25.3. The molecule has 2 amide bonds. The minimum Gasteiger partial charge on any atom is -0.423 e. The zero-order chi connectivity index (χ0) is 62.2. The maximum atomic E-state index is 13.7. The van der Waals surface area contributed by atoms with E-state index in [4.69, 9.17) is 44.7 Å². The Labute approximate surface area is 512 Å². The number of para-hydroxylation sites is 2. The lowest BCUT2D eigenvalue weighted by atomic mass is 9.80. The van der Waals surface area contributed by atoms with Crippen molar-refractivity contribution in [1.82, 2.24) is 39.7 Å². The Hall–Kier alpha value is -8.62. The third kappa shape index (κ3) is 14.2. The molecule has 0 saturated carbocycles. The van der Waals surface area contributed by atoms with Gasteiger partial charge >= 0.3 is 7.12 Å². The van der Waals surface area contributed by atoms with Gasteiger partial charge in [-0.15, -0.1) is 0 Å². The van der Waals surface area contributed by atoms with Crippen LogP contribution in [0, 0.1) is 0 Å². The first-order valence-corrected chi connectivity index (χ1v) is 31.1. The highest BCUT2D eigenvalue weighted by atomic mass is 79.9. The van der Waals surface area contributed by atoms with Crippen LogP contribution < -0.4 is 38.7 Å². The quantitative estimate of drug-likeness (QED) is 0.0557. The number of nitrogens with one attached hydrogen (secondary N) is 2. The summed E-state index contributed by atoms with van der Waals surface area (Å²) in [5, 5.41) is 26.2. The molecular formula is C60H54BBrCl2N10O10S2. The number of hydrogen-bond donors (Lipinski definition) is 6. The fourth-order valence-electron chi connectivity index (χ4n) is 8.98. The van der Waals surface area contributed by atoms with E-state index in [9.17, 15) is 36.0 Å². The molecule has 20 nitrogen and oxygen atoms in total. The Morgan fingerprint density at radius 3 is 1.49 bits per heavy atom. The second kappa shape index (κ2) is 27.2. The van der Waals surface area contributed by atoms with Gasteiger partial charge in [0.1, 0.15) is 4.60 Å². The molecule has 10 aromatic rings. The molecule has 0 fully saturated rings. The Morgan fingerprint density at radius 1 is 0.593 bits per heavy atom. The molecule has 0 saturated heterocycles. The Balaban J connectivity index is 0.000000187. The van der Waals surface area contributed by atoms with Crippen molar-refractivity contribution < 1.29 is 36.5 Å². The van der Waals surface area contributed by atoms with Gasteiger partial charge in [-0.05, 0) is 119 Å². The van der Waals surface area contributed by atoms with E-state index in [1.807, 2.05) is 66.7 Å². The number of nitrogens with two attached hydrogens (primary N) is 2. The highest BCUT2D eigenvalue weighted by Gasteiger charge is 2.25. The number of anilines is 2. The van der Waals surface area contributed by atoms with Gasteiger partial charge in [0, 0.05) is 28.3 Å². The van der Waals surface area contributed by atoms with Gasteiger partial charge in [0.15, 0.2) is 42.7 Å². The van der Waals surface area contributed by atoms with Crippen LogP contribution in [0.3, 0.4) is 0 Å². The molecule has 6 aromatic carbocycles. The van der Waals surface area contributed by atoms with Crippen LogP contribution in [0.5, 0.6) is 0 Å². The standard InChI is InChI=1S/C30H26ClN5O4S.C22H17BrClN5O2.C8H11BO4S/c1-3-41(39,40)22-13-7-9-19(15-22)24-17-33-28(32)27(35-24)29(37)34-18(2)25-16-20-10-8-14-23(31)26(20)30(38)36(25)21-11-5-4-6-12-21;1-12(27-21(30)19-20(25)26-11-17(23)28-19)16-10-13-6-5-9-15(24)18(13)22(31)29(16)14-7-3-2-4-8-14;1-2-14(12,13)8-5-3-4-7(6-8)9(10)11/h4-18H,3H2,1-2H3,(H2,32,33)(H,34,37);2-12H,1H3,(H2,25,26)(H,27,30);3-6,10-11H,2H2,1H3/t18-;12-;/m00./s1. The fraction of sp³-hybridized carbons (Fsp3) is 0.133. The molecule has 0 unspecified atom stereocenters. The largest absolute Gasteiger partial charge is 0.488 e. The molecule has 4 aromatic heterocycles. The summed E-state index contributed by atoms with van der Waals surface area (Å²) in [5.41, 5.74) is 14.4. The summed E-state index contributed by atoms with van der Waals surface area (Å²) < 4.78 is 51.0. The van der Waals surface area contributed by atoms with Crippen molar-refractivity contribution >= 4 is 116 Å². The SMILES string of the molecule is CCS(=O)(=O)c1cccc(-c2cnc(N)c(C(=O)N[C@@H](C)c3cc4cccc(Cl)c4c(=O)n3-c3ccccc3)n2)c1.CCS(=O)(=O)c1cccc(B(O)O)c1.C[C@H](NC(=O)c1nc(Br)cnc1N)c1cc2cccc(Cl)c2c(=O)n1-c1ccccc1. The van der Waals surface area contributed by atoms with Gasteiger partial charge in [-0.25, -0.2) is 36.8 Å². The number of rotatable bonds is 14. The molecule has 0 aliphatic carbocycles. The number of nitrogens with zero attached hydrogens (tertiary/aromatic N) is 6. The zero-order valence-electron chi connectivity index (χ0n) is 46.3. The number of nitrogen functional groups attached to an aromatic ring is 2. The Kier molecular flexibility index (Phi) is 20.0. The van der Waals surface area contributed by atoms with Crippen LogP contribution in [0.25, 0.3) is 44.2 Å². The number of pyridine rings is 2. The summed E-state index contributed by atoms with van der Waals surface area (Å²) in [4.78, 5) is 70.3. The highest BCUT2D eigenvalue weighted by molar-refractivity contribution is 9.10. The first kappa shape index (κ1) is 63.4. The maximum absolute atomic E-state index is 13.7. The van der Waals surface area contributed by atoms with Crippen molar-refractivity contribution in [2.45, 2.75) is 49.6 Å². The average Bonchev–Trinajstić information content (AvgIpc) is 0.910. The number of halogens is 3. The van der Waals surface area contributed by atoms with Crippen molar-refractivity contribution in [3.8, 4) is 22.6 Å². The summed E-state index contributed by atoms with van der Waals surface area (Å²) >= 11 is 15.9. The lowest BCUT2D eigenvalue weighted by molar-refractivity contribution is 0.0926. The van der Waals surface area contributed by atoms with Crippen molar-refractivity contribution in [1.29, 1.82) is 0 Å². The number of hydrogen-bond acceptors (Lipinski definition) is 16. The van der Waals surface area contributed by atoms with Crippen LogP contribution in [-0.2, 0) is 19.7 Å². The molecule has 26 heteroatoms. The number of amides is 2. The van der Waals surface area contributed by atoms with Crippen LogP contribution >= 0.6 is 39.1 Å². The van der Waals surface area contributed by atoms with Gasteiger partial charge in [0.2, 0.25) is 0 Å². The van der Waals surface area contributed by atoms with E-state index in [2.05, 4.69) is 46.5 Å². The van der Waals surface area contributed by atoms with Crippen molar-refractivity contribution in [3.63, 3.8) is 0 Å². The van der Waals surface area contributed by atoms with Crippen LogP contribution in [0.2, 0.25) is 10.0 Å². The van der Waals surface area contributed by atoms with E-state index in [1.165, 1.54) is 60.3 Å². The first-order valence-electron chi connectivity index (χ1n) is 26.3. The summed E-state index contributed by atoms with van der Waals surface area (Å²) in [5.74, 6) is -1.25. The van der Waals surface area contributed by atoms with Crippen molar-refractivity contribution in [2.24, 2.45) is 0 Å². The summed E-state index contributed by atoms with van der Waals surface area (Å²) in [6.45, 7) is 6.63. The normalized spacial score (nSPS) is 12.0. The lowest BCUT2D eigenvalue weighted by Crippen LogP contribution is -2.33. The minimum absolute atomic E-state index is 0.00123. The molecule has 0 spiro atoms. The molecule has 440 valence electrons. The molecule has 86 heavy (non-hydrogen) atoms. The van der Waals surface area contributed by atoms with E-state index < -0.39 is 50.7 Å². The van der Waals surface area contributed by atoms with Crippen molar-refractivity contribution in [2.75, 3.05) is 23.0 Å². The summed E-state index contributed by atoms with van der Waals surface area (Å²) in [7, 11) is -8.36. The number of fused-ring (bicyclic) bond motifs is 2. The smallest absolute Gasteiger partial charge is 0.423 e. The van der Waals surface area contributed by atoms with Crippen molar-refractivity contribution in [3.05, 3.63) is 228 Å². The Bertz CT molecular complexity index is 4570. The monoisotopic (exact) mass is 1300 g/mol. The predicted octanol–water partition coefficient (Wildman–Crippen LogP) is 8.40.